The van der Waals surface area contributed by atoms with Gasteiger partial charge >= 0.3 is 5.97 Å². The van der Waals surface area contributed by atoms with Crippen molar-refractivity contribution in [2.24, 2.45) is 0 Å². The summed E-state index contributed by atoms with van der Waals surface area (Å²) in [5.74, 6) is 0.550. The first-order chi connectivity index (χ1) is 8.02. The molecule has 17 heavy (non-hydrogen) atoms. The zero-order valence-electron chi connectivity index (χ0n) is 9.43. The van der Waals surface area contributed by atoms with Gasteiger partial charge < -0.3 is 10.4 Å². The third-order valence-corrected chi connectivity index (χ3v) is 2.35. The molecule has 0 fully saturated rings. The van der Waals surface area contributed by atoms with E-state index in [1.54, 1.807) is 24.3 Å². The second-order valence-electron chi connectivity index (χ2n) is 3.72. The fourth-order valence-corrected chi connectivity index (χ4v) is 1.44. The Hall–Kier alpha value is -2.28. The first kappa shape index (κ1) is 12.8. The van der Waals surface area contributed by atoms with E-state index >= 15 is 0 Å². The van der Waals surface area contributed by atoms with Crippen LogP contribution in [0.3, 0.4) is 0 Å². The highest BCUT2D eigenvalue weighted by molar-refractivity contribution is 6.03. The van der Waals surface area contributed by atoms with E-state index in [1.165, 1.54) is 0 Å². The van der Waals surface area contributed by atoms with Gasteiger partial charge in [0.2, 0.25) is 0 Å². The van der Waals surface area contributed by atoms with Gasteiger partial charge in [-0.25, -0.2) is 0 Å². The lowest BCUT2D eigenvalue weighted by Crippen LogP contribution is -2.08. The molecule has 0 aliphatic carbocycles. The van der Waals surface area contributed by atoms with Gasteiger partial charge in [-0.3, -0.25) is 9.59 Å². The van der Waals surface area contributed by atoms with E-state index in [1.807, 2.05) is 12.8 Å². The Balaban J connectivity index is 2.71. The highest BCUT2D eigenvalue weighted by Crippen LogP contribution is 2.20. The predicted molar refractivity (Wildman–Crippen MR) is 64.6 cm³/mol. The maximum Gasteiger partial charge on any atom is 0.303 e. The number of carbonyl (C=O) groups excluding carboxylic acids is 1. The van der Waals surface area contributed by atoms with Gasteiger partial charge in [-0.1, -0.05) is 19.1 Å². The van der Waals surface area contributed by atoms with Crippen molar-refractivity contribution < 1.29 is 14.7 Å². The van der Waals surface area contributed by atoms with Crippen molar-refractivity contribution in [3.63, 3.8) is 0 Å². The summed E-state index contributed by atoms with van der Waals surface area (Å²) in [7, 11) is 0. The van der Waals surface area contributed by atoms with Crippen molar-refractivity contribution in [2.45, 2.75) is 19.3 Å². The summed E-state index contributed by atoms with van der Waals surface area (Å²) in [6.07, 6.45) is 5.00. The maximum atomic E-state index is 10.9. The lowest BCUT2D eigenvalue weighted by molar-refractivity contribution is -0.137. The van der Waals surface area contributed by atoms with Crippen LogP contribution in [0.5, 0.6) is 0 Å². The van der Waals surface area contributed by atoms with Crippen molar-refractivity contribution in [3.05, 3.63) is 29.8 Å². The normalized spacial score (nSPS) is 11.3. The van der Waals surface area contributed by atoms with Crippen LogP contribution in [0.25, 0.3) is 0 Å². The van der Waals surface area contributed by atoms with E-state index in [0.717, 1.165) is 5.56 Å². The Morgan fingerprint density at radius 3 is 2.47 bits per heavy atom. The molecule has 1 amide bonds. The number of benzene rings is 1. The lowest BCUT2D eigenvalue weighted by Gasteiger charge is -2.09. The summed E-state index contributed by atoms with van der Waals surface area (Å²) in [4.78, 5) is 21.5. The number of hydrogen-bond acceptors (Lipinski definition) is 2. The Morgan fingerprint density at radius 1 is 1.41 bits per heavy atom. The minimum absolute atomic E-state index is 0.0649. The van der Waals surface area contributed by atoms with Gasteiger partial charge in [0.1, 0.15) is 0 Å². The van der Waals surface area contributed by atoms with Crippen LogP contribution in [0.15, 0.2) is 24.3 Å². The van der Waals surface area contributed by atoms with Gasteiger partial charge in [-0.15, -0.1) is 6.42 Å². The number of carboxylic acid groups (broad SMARTS) is 1. The van der Waals surface area contributed by atoms with Crippen LogP contribution in [0.2, 0.25) is 0 Å². The van der Waals surface area contributed by atoms with E-state index in [-0.39, 0.29) is 12.3 Å². The van der Waals surface area contributed by atoms with Gasteiger partial charge in [-0.05, 0) is 29.5 Å². The molecule has 0 saturated carbocycles. The van der Waals surface area contributed by atoms with Crippen LogP contribution >= 0.6 is 0 Å². The molecule has 4 heteroatoms. The van der Waals surface area contributed by atoms with Crippen LogP contribution in [0.4, 0.5) is 5.69 Å². The minimum Gasteiger partial charge on any atom is -0.481 e. The molecule has 0 aromatic heterocycles. The molecule has 1 aromatic rings. The van der Waals surface area contributed by atoms with Crippen molar-refractivity contribution >= 4 is 17.6 Å². The van der Waals surface area contributed by atoms with Gasteiger partial charge in [0.25, 0.3) is 5.91 Å². The van der Waals surface area contributed by atoms with Gasteiger partial charge in [-0.2, -0.15) is 0 Å². The number of carboxylic acids is 1. The second-order valence-corrected chi connectivity index (χ2v) is 3.72. The summed E-state index contributed by atoms with van der Waals surface area (Å²) in [5, 5.41) is 11.2. The molecule has 1 aromatic carbocycles. The number of hydrogen-bond donors (Lipinski definition) is 2. The second kappa shape index (κ2) is 5.71. The van der Waals surface area contributed by atoms with Gasteiger partial charge in [0, 0.05) is 5.69 Å². The summed E-state index contributed by atoms with van der Waals surface area (Å²) in [6.45, 7) is 1.84. The van der Waals surface area contributed by atoms with Gasteiger partial charge in [0.05, 0.1) is 6.42 Å². The molecule has 0 aliphatic rings. The average molecular weight is 231 g/mol. The van der Waals surface area contributed by atoms with E-state index in [0.29, 0.717) is 5.69 Å². The van der Waals surface area contributed by atoms with Crippen LogP contribution in [0, 0.1) is 12.3 Å². The topological polar surface area (TPSA) is 66.4 Å². The molecular formula is C13H13NO3. The average Bonchev–Trinajstić information content (AvgIpc) is 2.28. The SMILES string of the molecule is C#CC(=O)Nc1ccc(C(C)CC(=O)O)cc1. The number of anilines is 1. The first-order valence-electron chi connectivity index (χ1n) is 5.12. The smallest absolute Gasteiger partial charge is 0.303 e. The third-order valence-electron chi connectivity index (χ3n) is 2.35. The fourth-order valence-electron chi connectivity index (χ4n) is 1.44. The lowest BCUT2D eigenvalue weighted by atomic mass is 9.98. The summed E-state index contributed by atoms with van der Waals surface area (Å²) >= 11 is 0. The fraction of sp³-hybridized carbons (Fsp3) is 0.231. The highest BCUT2D eigenvalue weighted by Gasteiger charge is 2.09. The number of nitrogens with one attached hydrogen (secondary N) is 1. The monoisotopic (exact) mass is 231 g/mol. The molecule has 2 N–H and O–H groups in total. The zero-order chi connectivity index (χ0) is 12.8. The summed E-state index contributed by atoms with van der Waals surface area (Å²) in [6, 6.07) is 6.95. The standard InChI is InChI=1S/C13H13NO3/c1-3-12(15)14-11-6-4-10(5-7-11)9(2)8-13(16)17/h1,4-7,9H,8H2,2H3,(H,14,15)(H,16,17). The summed E-state index contributed by atoms with van der Waals surface area (Å²) in [5.41, 5.74) is 1.50. The van der Waals surface area contributed by atoms with Crippen molar-refractivity contribution in [3.8, 4) is 12.3 Å². The Morgan fingerprint density at radius 2 is 2.00 bits per heavy atom. The molecule has 88 valence electrons. The molecule has 1 unspecified atom stereocenters. The Kier molecular flexibility index (Phi) is 4.29. The number of rotatable bonds is 4. The van der Waals surface area contributed by atoms with E-state index < -0.39 is 11.9 Å². The van der Waals surface area contributed by atoms with Crippen LogP contribution in [-0.4, -0.2) is 17.0 Å². The van der Waals surface area contributed by atoms with Crippen molar-refractivity contribution in [1.82, 2.24) is 0 Å². The number of terminal acetylenes is 1. The largest absolute Gasteiger partial charge is 0.481 e. The first-order valence-corrected chi connectivity index (χ1v) is 5.12. The minimum atomic E-state index is -0.831. The van der Waals surface area contributed by atoms with Crippen molar-refractivity contribution in [1.29, 1.82) is 0 Å². The molecule has 0 heterocycles. The molecule has 0 radical (unpaired) electrons. The van der Waals surface area contributed by atoms with Crippen molar-refractivity contribution in [2.75, 3.05) is 5.32 Å². The quantitative estimate of drug-likeness (QED) is 0.777. The van der Waals surface area contributed by atoms with Crippen LogP contribution < -0.4 is 5.32 Å². The maximum absolute atomic E-state index is 10.9. The molecule has 0 aliphatic heterocycles. The zero-order valence-corrected chi connectivity index (χ0v) is 9.43. The molecule has 1 atom stereocenters. The molecule has 4 nitrogen and oxygen atoms in total. The van der Waals surface area contributed by atoms with E-state index in [2.05, 4.69) is 5.32 Å². The summed E-state index contributed by atoms with van der Waals surface area (Å²) < 4.78 is 0. The third kappa shape index (κ3) is 3.99. The van der Waals surface area contributed by atoms with Crippen LogP contribution in [-0.2, 0) is 9.59 Å². The molecule has 0 bridgehead atoms. The Labute approximate surface area is 99.7 Å². The molecule has 0 spiro atoms. The van der Waals surface area contributed by atoms with E-state index in [4.69, 9.17) is 11.5 Å². The van der Waals surface area contributed by atoms with Gasteiger partial charge in [0.15, 0.2) is 0 Å². The number of amides is 1. The molecule has 1 rings (SSSR count). The number of carbonyl (C=O) groups is 2. The predicted octanol–water partition coefficient (Wildman–Crippen LogP) is 1.84. The highest BCUT2D eigenvalue weighted by atomic mass is 16.4. The molecule has 0 saturated heterocycles. The molecular weight excluding hydrogens is 218 g/mol. The number of aliphatic carboxylic acids is 1. The Bertz CT molecular complexity index is 457. The van der Waals surface area contributed by atoms with Crippen LogP contribution in [0.1, 0.15) is 24.8 Å². The van der Waals surface area contributed by atoms with E-state index in [9.17, 15) is 9.59 Å².